The molecule has 8 nitrogen and oxygen atoms in total. The molecule has 2 aliphatic rings. The number of alkyl halides is 3. The van der Waals surface area contributed by atoms with Crippen molar-refractivity contribution in [2.45, 2.75) is 75.7 Å². The summed E-state index contributed by atoms with van der Waals surface area (Å²) in [5, 5.41) is 17.5. The molecule has 0 radical (unpaired) electrons. The molecule has 0 bridgehead atoms. The number of benzene rings is 1. The molecule has 1 aromatic carbocycles. The van der Waals surface area contributed by atoms with E-state index in [-0.39, 0.29) is 36.0 Å². The topological polar surface area (TPSA) is 107 Å². The van der Waals surface area contributed by atoms with Crippen LogP contribution in [0.2, 0.25) is 0 Å². The number of nitrogens with one attached hydrogen (secondary N) is 2. The second-order valence-electron chi connectivity index (χ2n) is 10.6. The van der Waals surface area contributed by atoms with Gasteiger partial charge in [0.25, 0.3) is 5.91 Å². The first-order chi connectivity index (χ1) is 18.6. The number of amides is 2. The molecular formula is C28H36F3N5O3. The first-order valence-corrected chi connectivity index (χ1v) is 13.6. The maximum atomic E-state index is 12.9. The number of unbranched alkanes of at least 4 members (excludes halogenated alkanes) is 1. The van der Waals surface area contributed by atoms with Gasteiger partial charge in [0.2, 0.25) is 5.91 Å². The highest BCUT2D eigenvalue weighted by molar-refractivity contribution is 5.96. The van der Waals surface area contributed by atoms with Crippen LogP contribution in [0.15, 0.2) is 42.9 Å². The van der Waals surface area contributed by atoms with Gasteiger partial charge in [-0.2, -0.15) is 13.2 Å². The molecule has 1 saturated heterocycles. The minimum Gasteiger partial charge on any atom is -0.383 e. The largest absolute Gasteiger partial charge is 0.416 e. The molecule has 1 saturated carbocycles. The Labute approximate surface area is 226 Å². The molecule has 4 atom stereocenters. The van der Waals surface area contributed by atoms with Crippen molar-refractivity contribution in [1.29, 1.82) is 0 Å². The number of likely N-dealkylation sites (tertiary alicyclic amines) is 1. The summed E-state index contributed by atoms with van der Waals surface area (Å²) in [6, 6.07) is 4.42. The van der Waals surface area contributed by atoms with E-state index in [1.807, 2.05) is 0 Å². The Morgan fingerprint density at radius 3 is 2.77 bits per heavy atom. The van der Waals surface area contributed by atoms with E-state index in [1.165, 1.54) is 12.1 Å². The molecule has 3 unspecified atom stereocenters. The van der Waals surface area contributed by atoms with E-state index in [9.17, 15) is 27.9 Å². The van der Waals surface area contributed by atoms with Crippen molar-refractivity contribution >= 4 is 11.8 Å². The van der Waals surface area contributed by atoms with Crippen molar-refractivity contribution in [3.63, 3.8) is 0 Å². The third-order valence-corrected chi connectivity index (χ3v) is 7.85. The van der Waals surface area contributed by atoms with Crippen LogP contribution in [0.4, 0.5) is 13.2 Å². The first-order valence-electron chi connectivity index (χ1n) is 13.6. The van der Waals surface area contributed by atoms with E-state index in [1.54, 1.807) is 23.5 Å². The Morgan fingerprint density at radius 2 is 2.05 bits per heavy atom. The third kappa shape index (κ3) is 7.33. The summed E-state index contributed by atoms with van der Waals surface area (Å²) in [7, 11) is 0. The van der Waals surface area contributed by atoms with Gasteiger partial charge in [0.05, 0.1) is 24.0 Å². The van der Waals surface area contributed by atoms with Crippen LogP contribution in [-0.2, 0) is 16.6 Å². The number of carbonyl (C=O) groups is 2. The zero-order valence-corrected chi connectivity index (χ0v) is 22.1. The van der Waals surface area contributed by atoms with Crippen molar-refractivity contribution in [2.24, 2.45) is 5.92 Å². The fourth-order valence-electron chi connectivity index (χ4n) is 5.70. The maximum absolute atomic E-state index is 12.9. The molecule has 4 rings (SSSR count). The van der Waals surface area contributed by atoms with E-state index >= 15 is 0 Å². The standard InChI is InChI=1S/C28H36F3N5O3/c1-2-3-5-20-15-27(39,24-16-32-11-12-33-24)10-8-23(20)35-22-9-13-36(18-22)25(37)17-34-26(38)19-6-4-7-21(14-19)28(29,30)31/h4,6-7,11-12,14,16,20,22-23,35,39H,2-3,5,8-10,13,15,17-18H2,1H3,(H,34,38)/t20?,22-,23?,27?/m0/s1. The monoisotopic (exact) mass is 547 g/mol. The molecular weight excluding hydrogens is 511 g/mol. The SMILES string of the molecule is CCCCC1CC(O)(c2cnccn2)CCC1N[C@H]1CCN(C(=O)CNC(=O)c2cccc(C(F)(F)F)c2)C1. The van der Waals surface area contributed by atoms with Gasteiger partial charge in [0.15, 0.2) is 0 Å². The number of aliphatic hydroxyl groups is 1. The van der Waals surface area contributed by atoms with Gasteiger partial charge in [-0.1, -0.05) is 25.8 Å². The lowest BCUT2D eigenvalue weighted by atomic mass is 9.71. The van der Waals surface area contributed by atoms with Gasteiger partial charge in [-0.25, -0.2) is 0 Å². The number of hydrogen-bond acceptors (Lipinski definition) is 6. The summed E-state index contributed by atoms with van der Waals surface area (Å²) in [6.45, 7) is 2.89. The number of aromatic nitrogens is 2. The predicted octanol–water partition coefficient (Wildman–Crippen LogP) is 3.66. The molecule has 2 amide bonds. The molecule has 212 valence electrons. The molecule has 2 heterocycles. The highest BCUT2D eigenvalue weighted by Gasteiger charge is 2.42. The van der Waals surface area contributed by atoms with Crippen molar-refractivity contribution in [3.05, 3.63) is 59.7 Å². The molecule has 39 heavy (non-hydrogen) atoms. The normalized spacial score (nSPS) is 25.5. The molecule has 11 heteroatoms. The zero-order chi connectivity index (χ0) is 28.0. The Bertz CT molecular complexity index is 1130. The number of nitrogens with zero attached hydrogens (tertiary/aromatic N) is 3. The Hall–Kier alpha value is -3.05. The molecule has 3 N–H and O–H groups in total. The van der Waals surface area contributed by atoms with E-state index in [2.05, 4.69) is 27.5 Å². The van der Waals surface area contributed by atoms with Gasteiger partial charge >= 0.3 is 6.18 Å². The van der Waals surface area contributed by atoms with Gasteiger partial charge in [-0.05, 0) is 56.2 Å². The van der Waals surface area contributed by atoms with Crippen LogP contribution < -0.4 is 10.6 Å². The molecule has 1 aliphatic heterocycles. The summed E-state index contributed by atoms with van der Waals surface area (Å²) in [5.74, 6) is -0.745. The van der Waals surface area contributed by atoms with Crippen molar-refractivity contribution in [2.75, 3.05) is 19.6 Å². The van der Waals surface area contributed by atoms with Gasteiger partial charge in [-0.3, -0.25) is 19.6 Å². The minimum atomic E-state index is -4.55. The number of carbonyl (C=O) groups excluding carboxylic acids is 2. The van der Waals surface area contributed by atoms with Crippen molar-refractivity contribution in [3.8, 4) is 0 Å². The van der Waals surface area contributed by atoms with E-state index < -0.39 is 23.2 Å². The average molecular weight is 548 g/mol. The fourth-order valence-corrected chi connectivity index (χ4v) is 5.70. The van der Waals surface area contributed by atoms with Crippen LogP contribution >= 0.6 is 0 Å². The van der Waals surface area contributed by atoms with Crippen LogP contribution in [0.1, 0.15) is 73.5 Å². The summed E-state index contributed by atoms with van der Waals surface area (Å²) < 4.78 is 38.8. The number of halogens is 3. The van der Waals surface area contributed by atoms with Crippen molar-refractivity contribution < 1.29 is 27.9 Å². The maximum Gasteiger partial charge on any atom is 0.416 e. The highest BCUT2D eigenvalue weighted by atomic mass is 19.4. The molecule has 1 aliphatic carbocycles. The van der Waals surface area contributed by atoms with E-state index in [4.69, 9.17) is 0 Å². The number of hydrogen-bond donors (Lipinski definition) is 3. The lowest BCUT2D eigenvalue weighted by Crippen LogP contribution is -2.50. The van der Waals surface area contributed by atoms with Crippen LogP contribution in [-0.4, -0.2) is 63.5 Å². The second kappa shape index (κ2) is 12.4. The Morgan fingerprint density at radius 1 is 1.23 bits per heavy atom. The summed E-state index contributed by atoms with van der Waals surface area (Å²) in [5.41, 5.74) is -1.45. The van der Waals surface area contributed by atoms with Gasteiger partial charge < -0.3 is 20.6 Å². The lowest BCUT2D eigenvalue weighted by molar-refractivity contribution is -0.137. The number of rotatable bonds is 9. The molecule has 2 aromatic rings. The molecule has 1 aromatic heterocycles. The quantitative estimate of drug-likeness (QED) is 0.442. The van der Waals surface area contributed by atoms with Crippen LogP contribution in [0.25, 0.3) is 0 Å². The van der Waals surface area contributed by atoms with Crippen LogP contribution in [0, 0.1) is 5.92 Å². The summed E-state index contributed by atoms with van der Waals surface area (Å²) in [4.78, 5) is 35.3. The predicted molar refractivity (Wildman–Crippen MR) is 138 cm³/mol. The second-order valence-corrected chi connectivity index (χ2v) is 10.6. The summed E-state index contributed by atoms with van der Waals surface area (Å²) >= 11 is 0. The fraction of sp³-hybridized carbons (Fsp3) is 0.571. The average Bonchev–Trinajstić information content (AvgIpc) is 3.40. The molecule has 0 spiro atoms. The van der Waals surface area contributed by atoms with Gasteiger partial charge in [-0.15, -0.1) is 0 Å². The Balaban J connectivity index is 1.29. The third-order valence-electron chi connectivity index (χ3n) is 7.85. The first kappa shape index (κ1) is 28.9. The lowest BCUT2D eigenvalue weighted by Gasteiger charge is -2.42. The molecule has 2 fully saturated rings. The minimum absolute atomic E-state index is 0.0879. The van der Waals surface area contributed by atoms with Gasteiger partial charge in [0, 0.05) is 43.1 Å². The Kier molecular flexibility index (Phi) is 9.22. The van der Waals surface area contributed by atoms with Gasteiger partial charge in [0.1, 0.15) is 5.60 Å². The smallest absolute Gasteiger partial charge is 0.383 e. The summed E-state index contributed by atoms with van der Waals surface area (Å²) in [6.07, 6.45) is 6.09. The van der Waals surface area contributed by atoms with Crippen LogP contribution in [0.5, 0.6) is 0 Å². The van der Waals surface area contributed by atoms with E-state index in [0.29, 0.717) is 31.6 Å². The zero-order valence-electron chi connectivity index (χ0n) is 22.1. The van der Waals surface area contributed by atoms with Crippen LogP contribution in [0.3, 0.4) is 0 Å². The van der Waals surface area contributed by atoms with E-state index in [0.717, 1.165) is 44.2 Å². The highest BCUT2D eigenvalue weighted by Crippen LogP contribution is 2.41. The van der Waals surface area contributed by atoms with Crippen molar-refractivity contribution in [1.82, 2.24) is 25.5 Å².